The van der Waals surface area contributed by atoms with Crippen molar-refractivity contribution in [2.24, 2.45) is 5.92 Å². The fourth-order valence-corrected chi connectivity index (χ4v) is 5.92. The van der Waals surface area contributed by atoms with Gasteiger partial charge in [-0.05, 0) is 92.1 Å². The Kier molecular flexibility index (Phi) is 5.60. The number of H-pyrrole nitrogens is 1. The van der Waals surface area contributed by atoms with E-state index in [1.807, 2.05) is 48.8 Å². The molecule has 0 spiro atoms. The Bertz CT molecular complexity index is 1330. The van der Waals surface area contributed by atoms with E-state index in [0.29, 0.717) is 17.3 Å². The fourth-order valence-electron chi connectivity index (χ4n) is 5.92. The minimum Gasteiger partial charge on any atom is -0.497 e. The van der Waals surface area contributed by atoms with E-state index in [2.05, 4.69) is 37.3 Å². The van der Waals surface area contributed by atoms with Gasteiger partial charge in [-0.1, -0.05) is 0 Å². The van der Waals surface area contributed by atoms with Gasteiger partial charge in [-0.25, -0.2) is 9.97 Å². The maximum Gasteiger partial charge on any atom is 0.258 e. The third-order valence-corrected chi connectivity index (χ3v) is 7.52. The Morgan fingerprint density at radius 3 is 2.63 bits per heavy atom. The highest BCUT2D eigenvalue weighted by atomic mass is 16.5. The molecule has 0 radical (unpaired) electrons. The number of hydrogen-bond donors (Lipinski definition) is 2. The first kappa shape index (κ1) is 21.6. The zero-order chi connectivity index (χ0) is 23.8. The molecule has 1 amide bonds. The fraction of sp³-hybridized carbons (Fsp3) is 0.321. The van der Waals surface area contributed by atoms with Crippen LogP contribution in [0, 0.1) is 5.92 Å². The molecule has 2 unspecified atom stereocenters. The van der Waals surface area contributed by atoms with Crippen molar-refractivity contribution in [3.05, 3.63) is 78.2 Å². The van der Waals surface area contributed by atoms with Crippen LogP contribution in [0.25, 0.3) is 11.0 Å². The zero-order valence-electron chi connectivity index (χ0n) is 19.8. The molecule has 178 valence electrons. The van der Waals surface area contributed by atoms with Crippen molar-refractivity contribution in [1.29, 1.82) is 0 Å². The first-order valence-electron chi connectivity index (χ1n) is 12.3. The number of rotatable bonds is 6. The van der Waals surface area contributed by atoms with Crippen LogP contribution >= 0.6 is 0 Å². The van der Waals surface area contributed by atoms with Crippen LogP contribution in [0.15, 0.2) is 67.1 Å². The van der Waals surface area contributed by atoms with Gasteiger partial charge in [-0.15, -0.1) is 0 Å². The van der Waals surface area contributed by atoms with E-state index in [-0.39, 0.29) is 18.0 Å². The Labute approximate surface area is 204 Å². The molecule has 1 aromatic carbocycles. The van der Waals surface area contributed by atoms with Gasteiger partial charge in [0.15, 0.2) is 0 Å². The predicted octanol–water partition coefficient (Wildman–Crippen LogP) is 5.34. The number of aromatic nitrogens is 3. The van der Waals surface area contributed by atoms with Gasteiger partial charge in [-0.2, -0.15) is 0 Å². The number of hydrogen-bond acceptors (Lipinski definition) is 5. The second kappa shape index (κ2) is 9.06. The largest absolute Gasteiger partial charge is 0.497 e. The highest BCUT2D eigenvalue weighted by Crippen LogP contribution is 2.41. The van der Waals surface area contributed by atoms with Crippen LogP contribution in [0.4, 0.5) is 11.5 Å². The molecule has 2 aliphatic heterocycles. The quantitative estimate of drug-likeness (QED) is 0.400. The number of piperidine rings is 1. The van der Waals surface area contributed by atoms with Crippen molar-refractivity contribution < 1.29 is 9.53 Å². The summed E-state index contributed by atoms with van der Waals surface area (Å²) in [5.41, 5.74) is 3.79. The molecule has 7 nitrogen and oxygen atoms in total. The van der Waals surface area contributed by atoms with Crippen molar-refractivity contribution in [2.75, 3.05) is 12.4 Å². The molecule has 3 aromatic heterocycles. The van der Waals surface area contributed by atoms with Crippen LogP contribution in [0.5, 0.6) is 5.75 Å². The van der Waals surface area contributed by atoms with Crippen LogP contribution in [0.3, 0.4) is 0 Å². The van der Waals surface area contributed by atoms with E-state index < -0.39 is 0 Å². The first-order chi connectivity index (χ1) is 17.2. The minimum atomic E-state index is 0.0806. The van der Waals surface area contributed by atoms with Crippen LogP contribution in [0.2, 0.25) is 0 Å². The van der Waals surface area contributed by atoms with Gasteiger partial charge < -0.3 is 19.9 Å². The van der Waals surface area contributed by atoms with Crippen molar-refractivity contribution >= 4 is 28.4 Å². The van der Waals surface area contributed by atoms with Gasteiger partial charge in [0.2, 0.25) is 0 Å². The number of fused-ring (bicyclic) bond motifs is 3. The number of ether oxygens (including phenoxy) is 1. The lowest BCUT2D eigenvalue weighted by Gasteiger charge is -2.39. The molecule has 7 heteroatoms. The maximum atomic E-state index is 13.8. The summed E-state index contributed by atoms with van der Waals surface area (Å²) in [4.78, 5) is 28.1. The molecule has 5 heterocycles. The number of pyridine rings is 2. The lowest BCUT2D eigenvalue weighted by atomic mass is 9.85. The summed E-state index contributed by atoms with van der Waals surface area (Å²) in [7, 11) is 1.65. The number of aromatic amines is 1. The van der Waals surface area contributed by atoms with Crippen LogP contribution in [-0.2, 0) is 6.42 Å². The second-order valence-corrected chi connectivity index (χ2v) is 9.60. The predicted molar refractivity (Wildman–Crippen MR) is 136 cm³/mol. The maximum absolute atomic E-state index is 13.8. The van der Waals surface area contributed by atoms with E-state index >= 15 is 0 Å². The molecular formula is C28H29N5O2. The minimum absolute atomic E-state index is 0.0806. The summed E-state index contributed by atoms with van der Waals surface area (Å²) in [5, 5.41) is 4.54. The van der Waals surface area contributed by atoms with E-state index in [9.17, 15) is 4.79 Å². The average molecular weight is 468 g/mol. The summed E-state index contributed by atoms with van der Waals surface area (Å²) in [6, 6.07) is 16.2. The summed E-state index contributed by atoms with van der Waals surface area (Å²) in [5.74, 6) is 2.03. The summed E-state index contributed by atoms with van der Waals surface area (Å²) in [6.45, 7) is 0. The smallest absolute Gasteiger partial charge is 0.258 e. The van der Waals surface area contributed by atoms with Crippen LogP contribution < -0.4 is 10.1 Å². The Hall–Kier alpha value is -3.87. The molecule has 35 heavy (non-hydrogen) atoms. The summed E-state index contributed by atoms with van der Waals surface area (Å²) < 4.78 is 5.25. The normalized spacial score (nSPS) is 21.3. The Balaban J connectivity index is 1.19. The van der Waals surface area contributed by atoms with Gasteiger partial charge in [-0.3, -0.25) is 4.79 Å². The lowest BCUT2D eigenvalue weighted by molar-refractivity contribution is 0.0525. The lowest BCUT2D eigenvalue weighted by Crippen LogP contribution is -2.47. The number of anilines is 2. The number of nitrogens with zero attached hydrogens (tertiary/aromatic N) is 3. The van der Waals surface area contributed by atoms with E-state index in [1.165, 1.54) is 10.9 Å². The average Bonchev–Trinajstić information content (AvgIpc) is 3.47. The molecule has 0 aliphatic carbocycles. The standard InChI is InChI=1S/C28H29N5O2/c1-35-23-8-4-20(5-9-23)32-27-25(3-2-12-29-27)28(34)33-21-6-7-22(33)17-18(16-21)15-19-10-13-30-26-24(19)11-14-31-26/h2-5,8-14,18,21-22H,6-7,15-17H2,1H3,(H,29,32)(H,30,31). The highest BCUT2D eigenvalue weighted by molar-refractivity contribution is 6.00. The Morgan fingerprint density at radius 2 is 1.86 bits per heavy atom. The van der Waals surface area contributed by atoms with Crippen molar-refractivity contribution in [3.8, 4) is 5.75 Å². The van der Waals surface area contributed by atoms with Gasteiger partial charge in [0.05, 0.1) is 12.7 Å². The topological polar surface area (TPSA) is 83.1 Å². The molecule has 2 bridgehead atoms. The zero-order valence-corrected chi connectivity index (χ0v) is 19.8. The van der Waals surface area contributed by atoms with Crippen molar-refractivity contribution in [1.82, 2.24) is 19.9 Å². The van der Waals surface area contributed by atoms with Crippen molar-refractivity contribution in [3.63, 3.8) is 0 Å². The van der Waals surface area contributed by atoms with E-state index in [0.717, 1.165) is 49.2 Å². The SMILES string of the molecule is COc1ccc(Nc2ncccc2C(=O)N2C3CCC2CC(Cc2ccnc4[nH]ccc24)C3)cc1. The van der Waals surface area contributed by atoms with Gasteiger partial charge in [0, 0.05) is 41.7 Å². The van der Waals surface area contributed by atoms with E-state index in [1.54, 1.807) is 13.3 Å². The summed E-state index contributed by atoms with van der Waals surface area (Å²) in [6.07, 6.45) is 10.8. The molecule has 0 saturated carbocycles. The summed E-state index contributed by atoms with van der Waals surface area (Å²) >= 11 is 0. The van der Waals surface area contributed by atoms with E-state index in [4.69, 9.17) is 4.74 Å². The molecular weight excluding hydrogens is 438 g/mol. The number of carbonyl (C=O) groups is 1. The molecule has 2 fully saturated rings. The van der Waals surface area contributed by atoms with Crippen LogP contribution in [0.1, 0.15) is 41.6 Å². The third kappa shape index (κ3) is 4.11. The second-order valence-electron chi connectivity index (χ2n) is 9.60. The number of benzene rings is 1. The highest BCUT2D eigenvalue weighted by Gasteiger charge is 2.43. The molecule has 6 rings (SSSR count). The van der Waals surface area contributed by atoms with Crippen LogP contribution in [-0.4, -0.2) is 45.0 Å². The first-order valence-corrected chi connectivity index (χ1v) is 12.3. The Morgan fingerprint density at radius 1 is 1.06 bits per heavy atom. The third-order valence-electron chi connectivity index (χ3n) is 7.52. The number of amides is 1. The number of nitrogens with one attached hydrogen (secondary N) is 2. The molecule has 2 atom stereocenters. The molecule has 2 saturated heterocycles. The monoisotopic (exact) mass is 467 g/mol. The van der Waals surface area contributed by atoms with Gasteiger partial charge in [0.1, 0.15) is 17.2 Å². The number of carbonyl (C=O) groups excluding carboxylic acids is 1. The van der Waals surface area contributed by atoms with Crippen molar-refractivity contribution in [2.45, 2.75) is 44.2 Å². The molecule has 2 N–H and O–H groups in total. The molecule has 2 aliphatic rings. The van der Waals surface area contributed by atoms with Gasteiger partial charge in [0.25, 0.3) is 5.91 Å². The van der Waals surface area contributed by atoms with Gasteiger partial charge >= 0.3 is 0 Å². The number of methoxy groups -OCH3 is 1. The molecule has 4 aromatic rings.